The first kappa shape index (κ1) is 29.2. The summed E-state index contributed by atoms with van der Waals surface area (Å²) in [5, 5.41) is 41.8. The molecule has 0 rings (SSSR count). The van der Waals surface area contributed by atoms with Gasteiger partial charge in [-0.05, 0) is 12.3 Å². The van der Waals surface area contributed by atoms with Crippen LogP contribution in [0, 0.1) is 5.92 Å². The molecule has 0 saturated heterocycles. The average molecular weight is 476 g/mol. The lowest BCUT2D eigenvalue weighted by Crippen LogP contribution is -2.58. The number of hydrogen-bond acceptors (Lipinski definition) is 8. The smallest absolute Gasteiger partial charge is 0.326 e. The summed E-state index contributed by atoms with van der Waals surface area (Å²) in [5.74, 6) is -9.58. The average Bonchev–Trinajstić information content (AvgIpc) is 2.67. The maximum atomic E-state index is 12.6. The summed E-state index contributed by atoms with van der Waals surface area (Å²) >= 11 is 0. The summed E-state index contributed by atoms with van der Waals surface area (Å²) in [5.41, 5.74) is 5.54. The molecule has 3 amide bonds. The molecule has 9 N–H and O–H groups in total. The van der Waals surface area contributed by atoms with E-state index in [1.54, 1.807) is 0 Å². The van der Waals surface area contributed by atoms with Gasteiger partial charge in [0.1, 0.15) is 18.1 Å². The number of hydrogen-bond donors (Lipinski definition) is 8. The van der Waals surface area contributed by atoms with E-state index >= 15 is 0 Å². The van der Waals surface area contributed by atoms with Crippen molar-refractivity contribution in [2.45, 2.75) is 63.7 Å². The van der Waals surface area contributed by atoms with E-state index in [2.05, 4.69) is 10.6 Å². The minimum absolute atomic E-state index is 0.278. The van der Waals surface area contributed by atoms with Gasteiger partial charge in [-0.3, -0.25) is 28.8 Å². The van der Waals surface area contributed by atoms with Crippen LogP contribution in [0.25, 0.3) is 0 Å². The van der Waals surface area contributed by atoms with Gasteiger partial charge in [-0.25, -0.2) is 4.79 Å². The number of nitrogens with two attached hydrogens (primary N) is 1. The molecule has 0 radical (unpaired) electrons. The first-order valence-corrected chi connectivity index (χ1v) is 9.70. The van der Waals surface area contributed by atoms with Crippen molar-refractivity contribution in [1.82, 2.24) is 16.0 Å². The Labute approximate surface area is 187 Å². The van der Waals surface area contributed by atoms with E-state index in [-0.39, 0.29) is 6.42 Å². The van der Waals surface area contributed by atoms with Gasteiger partial charge in [0, 0.05) is 6.42 Å². The molecule has 4 atom stereocenters. The number of carbonyl (C=O) groups is 7. The van der Waals surface area contributed by atoms with Crippen molar-refractivity contribution in [2.75, 3.05) is 0 Å². The van der Waals surface area contributed by atoms with Gasteiger partial charge in [0.05, 0.1) is 18.9 Å². The van der Waals surface area contributed by atoms with Crippen molar-refractivity contribution in [3.8, 4) is 0 Å². The molecule has 0 aromatic rings. The van der Waals surface area contributed by atoms with Crippen LogP contribution in [0.1, 0.15) is 39.5 Å². The third-order valence-corrected chi connectivity index (χ3v) is 4.26. The van der Waals surface area contributed by atoms with Gasteiger partial charge >= 0.3 is 23.9 Å². The van der Waals surface area contributed by atoms with Gasteiger partial charge in [0.25, 0.3) is 0 Å². The molecule has 0 aliphatic rings. The van der Waals surface area contributed by atoms with Crippen molar-refractivity contribution in [3.05, 3.63) is 0 Å². The molecular formula is C18H28N4O11. The Morgan fingerprint density at radius 3 is 1.61 bits per heavy atom. The van der Waals surface area contributed by atoms with E-state index in [1.165, 1.54) is 13.8 Å². The van der Waals surface area contributed by atoms with E-state index in [1.807, 2.05) is 5.32 Å². The van der Waals surface area contributed by atoms with E-state index in [0.29, 0.717) is 0 Å². The number of carboxylic acid groups (broad SMARTS) is 4. The second-order valence-corrected chi connectivity index (χ2v) is 7.43. The van der Waals surface area contributed by atoms with Gasteiger partial charge < -0.3 is 42.1 Å². The van der Waals surface area contributed by atoms with Crippen LogP contribution >= 0.6 is 0 Å². The molecule has 0 fully saturated rings. The van der Waals surface area contributed by atoms with Gasteiger partial charge in [-0.1, -0.05) is 13.8 Å². The normalized spacial score (nSPS) is 14.3. The Hall–Kier alpha value is -3.75. The van der Waals surface area contributed by atoms with Crippen LogP contribution in [0.3, 0.4) is 0 Å². The molecular weight excluding hydrogens is 448 g/mol. The van der Waals surface area contributed by atoms with E-state index in [4.69, 9.17) is 26.2 Å². The van der Waals surface area contributed by atoms with Crippen LogP contribution in [0.2, 0.25) is 0 Å². The lowest BCUT2D eigenvalue weighted by molar-refractivity contribution is -0.147. The van der Waals surface area contributed by atoms with E-state index < -0.39 is 90.9 Å². The SMILES string of the molecule is CC(C)C(NC(=O)C(CC(=O)O)NC(=O)C(N)CCC(=O)O)C(=O)NC(CC(=O)O)C(=O)O. The van der Waals surface area contributed by atoms with Crippen LogP contribution in [-0.4, -0.2) is 86.2 Å². The van der Waals surface area contributed by atoms with Crippen LogP contribution in [0.5, 0.6) is 0 Å². The molecule has 0 aliphatic heterocycles. The number of nitrogens with one attached hydrogen (secondary N) is 3. The number of rotatable bonds is 15. The first-order chi connectivity index (χ1) is 15.1. The molecule has 15 heteroatoms. The fraction of sp³-hybridized carbons (Fsp3) is 0.611. The zero-order chi connectivity index (χ0) is 25.9. The summed E-state index contributed by atoms with van der Waals surface area (Å²) in [6.45, 7) is 2.95. The summed E-state index contributed by atoms with van der Waals surface area (Å²) in [4.78, 5) is 80.9. The lowest BCUT2D eigenvalue weighted by Gasteiger charge is -2.26. The van der Waals surface area contributed by atoms with Crippen molar-refractivity contribution < 1.29 is 54.0 Å². The fourth-order valence-electron chi connectivity index (χ4n) is 2.50. The van der Waals surface area contributed by atoms with Crippen LogP contribution in [0.4, 0.5) is 0 Å². The third-order valence-electron chi connectivity index (χ3n) is 4.26. The Morgan fingerprint density at radius 1 is 0.697 bits per heavy atom. The zero-order valence-corrected chi connectivity index (χ0v) is 17.9. The Morgan fingerprint density at radius 2 is 1.18 bits per heavy atom. The van der Waals surface area contributed by atoms with E-state index in [9.17, 15) is 33.6 Å². The molecule has 0 aromatic heterocycles. The van der Waals surface area contributed by atoms with E-state index in [0.717, 1.165) is 0 Å². The number of carboxylic acids is 4. The van der Waals surface area contributed by atoms with Gasteiger partial charge in [0.2, 0.25) is 17.7 Å². The maximum absolute atomic E-state index is 12.6. The molecule has 0 spiro atoms. The summed E-state index contributed by atoms with van der Waals surface area (Å²) in [6.07, 6.45) is -2.54. The fourth-order valence-corrected chi connectivity index (χ4v) is 2.50. The maximum Gasteiger partial charge on any atom is 0.326 e. The topological polar surface area (TPSA) is 263 Å². The Bertz CT molecular complexity index is 783. The lowest BCUT2D eigenvalue weighted by atomic mass is 10.0. The Balaban J connectivity index is 5.43. The highest BCUT2D eigenvalue weighted by molar-refractivity contribution is 5.96. The van der Waals surface area contributed by atoms with Crippen molar-refractivity contribution in [1.29, 1.82) is 0 Å². The van der Waals surface area contributed by atoms with Gasteiger partial charge in [0.15, 0.2) is 0 Å². The van der Waals surface area contributed by atoms with Crippen molar-refractivity contribution in [2.24, 2.45) is 11.7 Å². The highest BCUT2D eigenvalue weighted by atomic mass is 16.4. The van der Waals surface area contributed by atoms with Gasteiger partial charge in [-0.15, -0.1) is 0 Å². The molecule has 0 bridgehead atoms. The van der Waals surface area contributed by atoms with Crippen molar-refractivity contribution in [3.63, 3.8) is 0 Å². The Kier molecular flexibility index (Phi) is 12.1. The molecule has 0 heterocycles. The van der Waals surface area contributed by atoms with Crippen molar-refractivity contribution >= 4 is 41.6 Å². The summed E-state index contributed by atoms with van der Waals surface area (Å²) in [7, 11) is 0. The van der Waals surface area contributed by atoms with Crippen LogP contribution in [0.15, 0.2) is 0 Å². The third kappa shape index (κ3) is 11.4. The summed E-state index contributed by atoms with van der Waals surface area (Å²) in [6, 6.07) is -6.21. The second-order valence-electron chi connectivity index (χ2n) is 7.43. The minimum Gasteiger partial charge on any atom is -0.481 e. The van der Waals surface area contributed by atoms with Crippen LogP contribution < -0.4 is 21.7 Å². The minimum atomic E-state index is -1.78. The highest BCUT2D eigenvalue weighted by Gasteiger charge is 2.33. The largest absolute Gasteiger partial charge is 0.481 e. The molecule has 186 valence electrons. The molecule has 0 aromatic carbocycles. The first-order valence-electron chi connectivity index (χ1n) is 9.70. The highest BCUT2D eigenvalue weighted by Crippen LogP contribution is 2.06. The summed E-state index contributed by atoms with van der Waals surface area (Å²) < 4.78 is 0. The predicted molar refractivity (Wildman–Crippen MR) is 108 cm³/mol. The molecule has 0 saturated carbocycles. The molecule has 4 unspecified atom stereocenters. The molecule has 33 heavy (non-hydrogen) atoms. The number of amides is 3. The predicted octanol–water partition coefficient (Wildman–Crippen LogP) is -2.68. The van der Waals surface area contributed by atoms with Gasteiger partial charge in [-0.2, -0.15) is 0 Å². The monoisotopic (exact) mass is 476 g/mol. The van der Waals surface area contributed by atoms with Crippen LogP contribution in [-0.2, 0) is 33.6 Å². The molecule has 15 nitrogen and oxygen atoms in total. The zero-order valence-electron chi connectivity index (χ0n) is 17.9. The second kappa shape index (κ2) is 13.6. The number of aliphatic carboxylic acids is 4. The standard InChI is InChI=1S/C18H28N4O11/c1-7(2)14(17(31)21-10(18(32)33)6-13(27)28)22-16(30)9(5-12(25)26)20-15(29)8(19)3-4-11(23)24/h7-10,14H,3-6,19H2,1-2H3,(H,20,29)(H,21,31)(H,22,30)(H,23,24)(H,25,26)(H,27,28)(H,32,33). The molecule has 0 aliphatic carbocycles. The quantitative estimate of drug-likeness (QED) is 0.120. The number of carbonyl (C=O) groups excluding carboxylic acids is 3.